The second-order valence-electron chi connectivity index (χ2n) is 12.6. The van der Waals surface area contributed by atoms with E-state index in [9.17, 15) is 14.4 Å². The monoisotopic (exact) mass is 570 g/mol. The van der Waals surface area contributed by atoms with Crippen molar-refractivity contribution in [2.75, 3.05) is 18.5 Å². The van der Waals surface area contributed by atoms with E-state index in [1.165, 1.54) is 19.3 Å². The first-order valence-electron chi connectivity index (χ1n) is 15.6. The molecule has 222 valence electrons. The van der Waals surface area contributed by atoms with Crippen LogP contribution in [0, 0.1) is 17.8 Å². The molecule has 8 heteroatoms. The number of hydrogen-bond acceptors (Lipinski definition) is 4. The van der Waals surface area contributed by atoms with Crippen molar-refractivity contribution in [2.24, 2.45) is 17.8 Å². The van der Waals surface area contributed by atoms with E-state index in [2.05, 4.69) is 22.9 Å². The SMILES string of the molecule is CCCCN1C(=O)NC(c2cccc(NC(=O)NC34CC5CC(CC(C5)C3)C4)c2)C(C(=O)OCC)=C1c1ccccc1. The Balaban J connectivity index is 1.30. The van der Waals surface area contributed by atoms with Gasteiger partial charge in [0, 0.05) is 17.8 Å². The van der Waals surface area contributed by atoms with Gasteiger partial charge in [-0.05, 0) is 92.9 Å². The van der Waals surface area contributed by atoms with Gasteiger partial charge in [-0.3, -0.25) is 4.90 Å². The molecule has 4 bridgehead atoms. The number of unbranched alkanes of at least 4 members (excludes halogenated alkanes) is 1. The average Bonchev–Trinajstić information content (AvgIpc) is 2.95. The molecule has 3 N–H and O–H groups in total. The number of ether oxygens (including phenoxy) is 1. The molecule has 2 aromatic rings. The summed E-state index contributed by atoms with van der Waals surface area (Å²) in [5.74, 6) is 1.73. The number of benzene rings is 2. The molecule has 7 rings (SSSR count). The minimum absolute atomic E-state index is 0.0971. The van der Waals surface area contributed by atoms with Crippen molar-refractivity contribution in [3.63, 3.8) is 0 Å². The summed E-state index contributed by atoms with van der Waals surface area (Å²) in [7, 11) is 0. The summed E-state index contributed by atoms with van der Waals surface area (Å²) in [4.78, 5) is 42.1. The van der Waals surface area contributed by atoms with Crippen molar-refractivity contribution in [2.45, 2.75) is 76.8 Å². The van der Waals surface area contributed by atoms with Gasteiger partial charge in [0.25, 0.3) is 0 Å². The molecule has 1 aliphatic heterocycles. The molecule has 0 radical (unpaired) electrons. The molecule has 4 aliphatic carbocycles. The Kier molecular flexibility index (Phi) is 7.97. The quantitative estimate of drug-likeness (QED) is 0.295. The van der Waals surface area contributed by atoms with Crippen LogP contribution in [0.4, 0.5) is 15.3 Å². The Morgan fingerprint density at radius 2 is 1.67 bits per heavy atom. The minimum Gasteiger partial charge on any atom is -0.463 e. The van der Waals surface area contributed by atoms with Crippen LogP contribution in [0.25, 0.3) is 5.70 Å². The summed E-state index contributed by atoms with van der Waals surface area (Å²) in [6.07, 6.45) is 8.87. The number of amides is 4. The fourth-order valence-electron chi connectivity index (χ4n) is 8.23. The number of nitrogens with one attached hydrogen (secondary N) is 3. The van der Waals surface area contributed by atoms with Crippen LogP contribution in [0.5, 0.6) is 0 Å². The van der Waals surface area contributed by atoms with Crippen molar-refractivity contribution < 1.29 is 19.1 Å². The van der Waals surface area contributed by atoms with Crippen LogP contribution in [-0.2, 0) is 9.53 Å². The molecule has 8 nitrogen and oxygen atoms in total. The van der Waals surface area contributed by atoms with E-state index < -0.39 is 12.0 Å². The number of carbonyl (C=O) groups excluding carboxylic acids is 3. The van der Waals surface area contributed by atoms with Gasteiger partial charge < -0.3 is 20.7 Å². The summed E-state index contributed by atoms with van der Waals surface area (Å²) in [6.45, 7) is 4.54. The highest BCUT2D eigenvalue weighted by molar-refractivity contribution is 6.04. The Hall–Kier alpha value is -3.81. The number of urea groups is 2. The van der Waals surface area contributed by atoms with Gasteiger partial charge in [-0.1, -0.05) is 55.8 Å². The third-order valence-electron chi connectivity index (χ3n) is 9.50. The predicted octanol–water partition coefficient (Wildman–Crippen LogP) is 6.62. The first-order chi connectivity index (χ1) is 20.4. The molecular weight excluding hydrogens is 528 g/mol. The summed E-state index contributed by atoms with van der Waals surface area (Å²) in [5, 5.41) is 9.48. The molecule has 42 heavy (non-hydrogen) atoms. The second-order valence-corrected chi connectivity index (χ2v) is 12.6. The lowest BCUT2D eigenvalue weighted by Gasteiger charge is -2.56. The Labute approximate surface area is 248 Å². The lowest BCUT2D eigenvalue weighted by molar-refractivity contribution is -0.138. The van der Waals surface area contributed by atoms with E-state index in [-0.39, 0.29) is 24.2 Å². The first kappa shape index (κ1) is 28.3. The molecule has 0 spiro atoms. The van der Waals surface area contributed by atoms with Crippen molar-refractivity contribution in [1.82, 2.24) is 15.5 Å². The summed E-state index contributed by atoms with van der Waals surface area (Å²) < 4.78 is 5.55. The fourth-order valence-corrected chi connectivity index (χ4v) is 8.23. The average molecular weight is 571 g/mol. The van der Waals surface area contributed by atoms with Crippen molar-refractivity contribution in [3.05, 3.63) is 71.3 Å². The van der Waals surface area contributed by atoms with Crippen LogP contribution in [0.2, 0.25) is 0 Å². The third-order valence-corrected chi connectivity index (χ3v) is 9.50. The Morgan fingerprint density at radius 1 is 0.976 bits per heavy atom. The Bertz CT molecular complexity index is 1340. The number of hydrogen-bond donors (Lipinski definition) is 3. The van der Waals surface area contributed by atoms with Gasteiger partial charge in [0.05, 0.1) is 23.9 Å². The molecule has 0 saturated heterocycles. The van der Waals surface area contributed by atoms with Crippen LogP contribution < -0.4 is 16.0 Å². The largest absolute Gasteiger partial charge is 0.463 e. The van der Waals surface area contributed by atoms with E-state index >= 15 is 0 Å². The van der Waals surface area contributed by atoms with Gasteiger partial charge in [0.1, 0.15) is 0 Å². The van der Waals surface area contributed by atoms with Crippen molar-refractivity contribution in [1.29, 1.82) is 0 Å². The zero-order valence-corrected chi connectivity index (χ0v) is 24.7. The number of rotatable bonds is 9. The summed E-state index contributed by atoms with van der Waals surface area (Å²) >= 11 is 0. The molecule has 4 amide bonds. The number of carbonyl (C=O) groups is 3. The van der Waals surface area contributed by atoms with Crippen molar-refractivity contribution >= 4 is 29.4 Å². The van der Waals surface area contributed by atoms with Crippen molar-refractivity contribution in [3.8, 4) is 0 Å². The molecule has 5 aliphatic rings. The molecular formula is C34H42N4O4. The molecule has 4 saturated carbocycles. The van der Waals surface area contributed by atoms with E-state index in [4.69, 9.17) is 4.74 Å². The zero-order valence-electron chi connectivity index (χ0n) is 24.7. The summed E-state index contributed by atoms with van der Waals surface area (Å²) in [6, 6.07) is 15.7. The van der Waals surface area contributed by atoms with Crippen LogP contribution in [0.15, 0.2) is 60.2 Å². The van der Waals surface area contributed by atoms with E-state index in [1.54, 1.807) is 11.8 Å². The third kappa shape index (κ3) is 5.63. The van der Waals surface area contributed by atoms with Gasteiger partial charge in [-0.25, -0.2) is 14.4 Å². The number of nitrogens with zero attached hydrogens (tertiary/aromatic N) is 1. The molecule has 2 aromatic carbocycles. The Morgan fingerprint density at radius 3 is 2.31 bits per heavy atom. The molecule has 1 heterocycles. The van der Waals surface area contributed by atoms with Crippen LogP contribution in [0.3, 0.4) is 0 Å². The topological polar surface area (TPSA) is 99.8 Å². The molecule has 1 atom stereocenters. The zero-order chi connectivity index (χ0) is 29.3. The van der Waals surface area contributed by atoms with E-state index in [1.807, 2.05) is 54.6 Å². The van der Waals surface area contributed by atoms with Gasteiger partial charge in [-0.2, -0.15) is 0 Å². The maximum absolute atomic E-state index is 13.6. The van der Waals surface area contributed by atoms with E-state index in [0.29, 0.717) is 29.1 Å². The van der Waals surface area contributed by atoms with Gasteiger partial charge in [0.2, 0.25) is 0 Å². The predicted molar refractivity (Wildman–Crippen MR) is 162 cm³/mol. The molecule has 0 aromatic heterocycles. The van der Waals surface area contributed by atoms with Crippen LogP contribution >= 0.6 is 0 Å². The van der Waals surface area contributed by atoms with E-state index in [0.717, 1.165) is 55.4 Å². The highest BCUT2D eigenvalue weighted by atomic mass is 16.5. The minimum atomic E-state index is -0.738. The lowest BCUT2D eigenvalue weighted by Crippen LogP contribution is -2.60. The highest BCUT2D eigenvalue weighted by Gasteiger charge is 2.51. The van der Waals surface area contributed by atoms with Gasteiger partial charge in [-0.15, -0.1) is 0 Å². The fraction of sp³-hybridized carbons (Fsp3) is 0.500. The van der Waals surface area contributed by atoms with Gasteiger partial charge >= 0.3 is 18.0 Å². The highest BCUT2D eigenvalue weighted by Crippen LogP contribution is 2.55. The summed E-state index contributed by atoms with van der Waals surface area (Å²) in [5.41, 5.74) is 2.94. The maximum Gasteiger partial charge on any atom is 0.338 e. The normalized spacial score (nSPS) is 28.0. The number of anilines is 1. The molecule has 1 unspecified atom stereocenters. The maximum atomic E-state index is 13.6. The molecule has 4 fully saturated rings. The van der Waals surface area contributed by atoms with Crippen LogP contribution in [0.1, 0.15) is 82.4 Å². The lowest BCUT2D eigenvalue weighted by atomic mass is 9.53. The second kappa shape index (κ2) is 11.8. The number of esters is 1. The first-order valence-corrected chi connectivity index (χ1v) is 15.6. The van der Waals surface area contributed by atoms with Crippen LogP contribution in [-0.4, -0.2) is 41.6 Å². The smallest absolute Gasteiger partial charge is 0.338 e. The standard InChI is InChI=1S/C34H42N4O4/c1-3-5-14-38-30(25-10-7-6-8-11-25)28(31(39)42-4-2)29(36-33(38)41)26-12-9-13-27(18-26)35-32(40)37-34-19-22-15-23(20-34)17-24(16-22)21-34/h6-13,18,22-24,29H,3-5,14-17,19-21H2,1-2H3,(H,36,41)(H2,35,37,40). The van der Waals surface area contributed by atoms with Gasteiger partial charge in [0.15, 0.2) is 0 Å².